The van der Waals surface area contributed by atoms with E-state index in [4.69, 9.17) is 10.5 Å². The number of nitrogens with two attached hydrogens (primary N) is 1. The van der Waals surface area contributed by atoms with Gasteiger partial charge in [-0.3, -0.25) is 9.80 Å². The summed E-state index contributed by atoms with van der Waals surface area (Å²) in [6.07, 6.45) is 5.31. The number of ether oxygens (including phenoxy) is 1. The summed E-state index contributed by atoms with van der Waals surface area (Å²) >= 11 is 0. The van der Waals surface area contributed by atoms with E-state index in [2.05, 4.69) is 32.6 Å². The lowest BCUT2D eigenvalue weighted by Gasteiger charge is -2.47. The van der Waals surface area contributed by atoms with Gasteiger partial charge in [0.1, 0.15) is 0 Å². The van der Waals surface area contributed by atoms with Crippen LogP contribution in [0.5, 0.6) is 0 Å². The molecule has 0 saturated carbocycles. The Morgan fingerprint density at radius 2 is 1.96 bits per heavy atom. The number of morpholine rings is 1. The summed E-state index contributed by atoms with van der Waals surface area (Å²) < 4.78 is 8.19. The average molecular weight is 381 g/mol. The van der Waals surface area contributed by atoms with Crippen molar-refractivity contribution in [2.45, 2.75) is 44.3 Å². The summed E-state index contributed by atoms with van der Waals surface area (Å²) in [5.74, 6) is 0.857. The number of rotatable bonds is 3. The van der Waals surface area contributed by atoms with Gasteiger partial charge in [-0.2, -0.15) is 0 Å². The van der Waals surface area contributed by atoms with Crippen molar-refractivity contribution in [1.29, 1.82) is 0 Å². The zero-order valence-electron chi connectivity index (χ0n) is 16.8. The van der Waals surface area contributed by atoms with Crippen molar-refractivity contribution in [3.05, 3.63) is 35.0 Å². The van der Waals surface area contributed by atoms with E-state index >= 15 is 0 Å². The first-order valence-electron chi connectivity index (χ1n) is 11.2. The fourth-order valence-corrected chi connectivity index (χ4v) is 6.47. The lowest BCUT2D eigenvalue weighted by molar-refractivity contribution is 0.0353. The van der Waals surface area contributed by atoms with Crippen molar-refractivity contribution in [3.8, 4) is 0 Å². The molecule has 6 rings (SSSR count). The Hall–Kier alpha value is -1.40. The normalized spacial score (nSPS) is 29.0. The number of aromatic nitrogens is 1. The van der Waals surface area contributed by atoms with Crippen LogP contribution in [0.1, 0.15) is 48.2 Å². The highest BCUT2D eigenvalue weighted by atomic mass is 16.5. The molecule has 150 valence electrons. The van der Waals surface area contributed by atoms with Crippen molar-refractivity contribution in [3.63, 3.8) is 0 Å². The maximum atomic E-state index is 6.81. The van der Waals surface area contributed by atoms with Crippen LogP contribution >= 0.6 is 0 Å². The molecular weight excluding hydrogens is 348 g/mol. The van der Waals surface area contributed by atoms with Gasteiger partial charge < -0.3 is 15.0 Å². The second-order valence-electron chi connectivity index (χ2n) is 9.20. The zero-order chi connectivity index (χ0) is 18.7. The van der Waals surface area contributed by atoms with Crippen molar-refractivity contribution in [1.82, 2.24) is 14.4 Å². The van der Waals surface area contributed by atoms with Gasteiger partial charge in [0.15, 0.2) is 0 Å². The minimum atomic E-state index is 0.0644. The molecule has 0 bridgehead atoms. The van der Waals surface area contributed by atoms with E-state index in [-0.39, 0.29) is 6.04 Å². The summed E-state index contributed by atoms with van der Waals surface area (Å²) in [7, 11) is 0. The number of nitrogens with zero attached hydrogens (tertiary/aromatic N) is 3. The lowest BCUT2D eigenvalue weighted by atomic mass is 9.79. The van der Waals surface area contributed by atoms with Crippen LogP contribution in [0.4, 0.5) is 0 Å². The van der Waals surface area contributed by atoms with E-state index in [1.807, 2.05) is 0 Å². The molecular formula is C23H32N4O. The molecule has 2 fully saturated rings. The maximum Gasteiger partial charge on any atom is 0.0594 e. The van der Waals surface area contributed by atoms with Crippen LogP contribution in [0.15, 0.2) is 18.2 Å². The molecule has 2 saturated heterocycles. The second kappa shape index (κ2) is 6.84. The Kier molecular flexibility index (Phi) is 4.26. The highest BCUT2D eigenvalue weighted by molar-refractivity contribution is 5.89. The molecule has 5 heterocycles. The third-order valence-corrected chi connectivity index (χ3v) is 7.73. The monoisotopic (exact) mass is 380 g/mol. The van der Waals surface area contributed by atoms with Crippen LogP contribution in [0.25, 0.3) is 10.9 Å². The van der Waals surface area contributed by atoms with E-state index in [1.165, 1.54) is 61.8 Å². The first kappa shape index (κ1) is 17.5. The topological polar surface area (TPSA) is 46.7 Å². The molecule has 4 aliphatic rings. The molecule has 1 aromatic carbocycles. The van der Waals surface area contributed by atoms with Crippen LogP contribution in [-0.4, -0.2) is 60.3 Å². The quantitative estimate of drug-likeness (QED) is 0.889. The van der Waals surface area contributed by atoms with E-state index in [9.17, 15) is 0 Å². The smallest absolute Gasteiger partial charge is 0.0594 e. The first-order valence-corrected chi connectivity index (χ1v) is 11.2. The summed E-state index contributed by atoms with van der Waals surface area (Å²) in [6, 6.07) is 7.60. The van der Waals surface area contributed by atoms with Gasteiger partial charge in [0.2, 0.25) is 0 Å². The van der Waals surface area contributed by atoms with Crippen molar-refractivity contribution in [2.75, 3.05) is 45.9 Å². The average Bonchev–Trinajstić information content (AvgIpc) is 3.08. The van der Waals surface area contributed by atoms with Crippen LogP contribution < -0.4 is 5.73 Å². The molecule has 5 nitrogen and oxygen atoms in total. The van der Waals surface area contributed by atoms with Crippen LogP contribution in [0.3, 0.4) is 0 Å². The Morgan fingerprint density at radius 1 is 1.07 bits per heavy atom. The number of para-hydroxylation sites is 1. The molecule has 0 amide bonds. The number of benzene rings is 1. The predicted molar refractivity (Wildman–Crippen MR) is 111 cm³/mol. The minimum absolute atomic E-state index is 0.0644. The van der Waals surface area contributed by atoms with E-state index in [0.29, 0.717) is 6.04 Å². The highest BCUT2D eigenvalue weighted by Crippen LogP contribution is 2.49. The van der Waals surface area contributed by atoms with Gasteiger partial charge in [0.05, 0.1) is 24.8 Å². The summed E-state index contributed by atoms with van der Waals surface area (Å²) in [6.45, 7) is 8.28. The maximum absolute atomic E-state index is 6.81. The number of piperidine rings is 1. The van der Waals surface area contributed by atoms with Gasteiger partial charge >= 0.3 is 0 Å². The largest absolute Gasteiger partial charge is 0.379 e. The SMILES string of the molecule is NC(CN1CCOCC1)c1cccc2c3c4n(c12)CC[C@@H]1CCCN(CC3)C41. The standard InChI is InChI=1S/C23H32N4O/c24-20(15-25-11-13-28-14-12-25)19-5-1-4-17-18-7-9-26-8-2-3-16-6-10-27(22(17)19)23(18)21(16)26/h1,4-5,16,20-21H,2-3,6-15,24H2/t16-,20?,21?/m0/s1. The zero-order valence-corrected chi connectivity index (χ0v) is 16.8. The van der Waals surface area contributed by atoms with E-state index in [0.717, 1.165) is 38.8 Å². The van der Waals surface area contributed by atoms with Crippen molar-refractivity contribution >= 4 is 10.9 Å². The van der Waals surface area contributed by atoms with Crippen LogP contribution in [0.2, 0.25) is 0 Å². The van der Waals surface area contributed by atoms with Crippen molar-refractivity contribution in [2.24, 2.45) is 11.7 Å². The third kappa shape index (κ3) is 2.60. The van der Waals surface area contributed by atoms with Gasteiger partial charge in [-0.05, 0) is 49.3 Å². The molecule has 2 N–H and O–H groups in total. The summed E-state index contributed by atoms with van der Waals surface area (Å²) in [5.41, 5.74) is 12.9. The van der Waals surface area contributed by atoms with E-state index < -0.39 is 0 Å². The molecule has 0 spiro atoms. The van der Waals surface area contributed by atoms with Gasteiger partial charge in [0.25, 0.3) is 0 Å². The third-order valence-electron chi connectivity index (χ3n) is 7.73. The van der Waals surface area contributed by atoms with Gasteiger partial charge in [-0.15, -0.1) is 0 Å². The lowest BCUT2D eigenvalue weighted by Crippen LogP contribution is -2.46. The Balaban J connectivity index is 1.44. The predicted octanol–water partition coefficient (Wildman–Crippen LogP) is 2.69. The summed E-state index contributed by atoms with van der Waals surface area (Å²) in [4.78, 5) is 5.24. The van der Waals surface area contributed by atoms with Gasteiger partial charge in [-0.25, -0.2) is 0 Å². The molecule has 5 heteroatoms. The van der Waals surface area contributed by atoms with Crippen LogP contribution in [-0.2, 0) is 17.7 Å². The Labute approximate surface area is 167 Å². The minimum Gasteiger partial charge on any atom is -0.379 e. The molecule has 28 heavy (non-hydrogen) atoms. The molecule has 0 aliphatic carbocycles. The molecule has 1 aromatic heterocycles. The number of aryl methyl sites for hydroxylation is 1. The Bertz CT molecular complexity index is 878. The van der Waals surface area contributed by atoms with Gasteiger partial charge in [0, 0.05) is 49.8 Å². The second-order valence-corrected chi connectivity index (χ2v) is 9.20. The fraction of sp³-hybridized carbons (Fsp3) is 0.652. The summed E-state index contributed by atoms with van der Waals surface area (Å²) in [5, 5.41) is 1.48. The molecule has 2 aromatic rings. The number of hydrogen-bond donors (Lipinski definition) is 1. The van der Waals surface area contributed by atoms with Crippen molar-refractivity contribution < 1.29 is 4.74 Å². The number of fused-ring (bicyclic) bond motifs is 3. The first-order chi connectivity index (χ1) is 13.8. The fourth-order valence-electron chi connectivity index (χ4n) is 6.47. The molecule has 3 atom stereocenters. The molecule has 2 unspecified atom stereocenters. The number of hydrogen-bond acceptors (Lipinski definition) is 4. The van der Waals surface area contributed by atoms with E-state index in [1.54, 1.807) is 11.3 Å². The Morgan fingerprint density at radius 3 is 2.86 bits per heavy atom. The molecule has 4 aliphatic heterocycles. The van der Waals surface area contributed by atoms with Crippen LogP contribution in [0, 0.1) is 5.92 Å². The van der Waals surface area contributed by atoms with Gasteiger partial charge in [-0.1, -0.05) is 18.2 Å². The molecule has 0 radical (unpaired) electrons. The highest BCUT2D eigenvalue weighted by Gasteiger charge is 2.42.